The van der Waals surface area contributed by atoms with Crippen LogP contribution < -0.4 is 29.8 Å². The molecule has 2 amide bonds. The highest BCUT2D eigenvalue weighted by Gasteiger charge is 2.07. The molecule has 190 valence electrons. The van der Waals surface area contributed by atoms with Gasteiger partial charge in [0.05, 0.1) is 26.6 Å². The third-order valence-corrected chi connectivity index (χ3v) is 4.47. The van der Waals surface area contributed by atoms with Crippen molar-refractivity contribution in [3.05, 3.63) is 72.8 Å². The van der Waals surface area contributed by atoms with E-state index in [-0.39, 0.29) is 12.8 Å². The van der Waals surface area contributed by atoms with Crippen molar-refractivity contribution in [1.82, 2.24) is 10.9 Å². The number of hydrogen-bond donors (Lipinski definition) is 2. The number of carbonyl (C=O) groups excluding carboxylic acids is 2. The van der Waals surface area contributed by atoms with E-state index in [1.54, 1.807) is 48.6 Å². The lowest BCUT2D eigenvalue weighted by Gasteiger charge is -2.09. The molecule has 0 unspecified atom stereocenters. The van der Waals surface area contributed by atoms with Crippen LogP contribution in [0.4, 0.5) is 0 Å². The zero-order valence-electron chi connectivity index (χ0n) is 20.4. The number of nitrogens with zero attached hydrogens (tertiary/aromatic N) is 2. The number of hydrogen-bond acceptors (Lipinski definition) is 8. The van der Waals surface area contributed by atoms with Gasteiger partial charge in [-0.05, 0) is 47.5 Å². The third-order valence-electron chi connectivity index (χ3n) is 4.47. The molecule has 2 rings (SSSR count). The van der Waals surface area contributed by atoms with Gasteiger partial charge in [-0.3, -0.25) is 9.59 Å². The topological polar surface area (TPSA) is 120 Å². The molecule has 0 spiro atoms. The minimum atomic E-state index is -0.414. The van der Waals surface area contributed by atoms with E-state index in [0.717, 1.165) is 0 Å². The van der Waals surface area contributed by atoms with Gasteiger partial charge in [0.1, 0.15) is 13.2 Å². The van der Waals surface area contributed by atoms with Crippen LogP contribution in [-0.2, 0) is 9.59 Å². The van der Waals surface area contributed by atoms with Gasteiger partial charge < -0.3 is 18.9 Å². The van der Waals surface area contributed by atoms with Gasteiger partial charge in [-0.25, -0.2) is 10.9 Å². The molecule has 0 fully saturated rings. The molecule has 0 atom stereocenters. The number of methoxy groups -OCH3 is 2. The lowest BCUT2D eigenvalue weighted by Crippen LogP contribution is -2.22. The summed E-state index contributed by atoms with van der Waals surface area (Å²) in [6, 6.07) is 10.4. The second kappa shape index (κ2) is 15.3. The Morgan fingerprint density at radius 1 is 0.750 bits per heavy atom. The van der Waals surface area contributed by atoms with Crippen LogP contribution in [-0.4, -0.2) is 51.7 Å². The zero-order valence-corrected chi connectivity index (χ0v) is 20.4. The number of ether oxygens (including phenoxy) is 4. The quantitative estimate of drug-likeness (QED) is 0.223. The molecule has 2 aromatic carbocycles. The van der Waals surface area contributed by atoms with Crippen LogP contribution in [0.5, 0.6) is 23.0 Å². The summed E-state index contributed by atoms with van der Waals surface area (Å²) in [7, 11) is 3.06. The van der Waals surface area contributed by atoms with Crippen molar-refractivity contribution in [1.29, 1.82) is 0 Å². The van der Waals surface area contributed by atoms with Gasteiger partial charge in [-0.1, -0.05) is 25.3 Å². The Hall–Kier alpha value is -4.60. The van der Waals surface area contributed by atoms with Gasteiger partial charge in [-0.15, -0.1) is 0 Å². The Morgan fingerprint density at radius 3 is 1.53 bits per heavy atom. The van der Waals surface area contributed by atoms with Crippen LogP contribution in [0.25, 0.3) is 0 Å². The standard InChI is InChI=1S/C26H30N4O6/c1-5-13-35-21-9-7-19(15-23(21)33-3)17-27-29-25(31)11-12-26(32)30-28-18-20-8-10-22(36-14-6-2)24(16-20)34-4/h5-10,15-18H,1-2,11-14H2,3-4H3,(H,29,31)(H,30,32)/b27-17-,28-18-. The molecule has 2 aromatic rings. The number of nitrogens with one attached hydrogen (secondary N) is 2. The van der Waals surface area contributed by atoms with E-state index in [4.69, 9.17) is 18.9 Å². The molecule has 36 heavy (non-hydrogen) atoms. The Morgan fingerprint density at radius 2 is 1.17 bits per heavy atom. The van der Waals surface area contributed by atoms with E-state index >= 15 is 0 Å². The first-order valence-corrected chi connectivity index (χ1v) is 11.0. The molecule has 0 aromatic heterocycles. The molecule has 0 saturated heterocycles. The first kappa shape index (κ1) is 27.6. The van der Waals surface area contributed by atoms with Crippen molar-refractivity contribution in [2.24, 2.45) is 10.2 Å². The molecule has 10 nitrogen and oxygen atoms in total. The van der Waals surface area contributed by atoms with Crippen molar-refractivity contribution in [2.75, 3.05) is 27.4 Å². The lowest BCUT2D eigenvalue weighted by molar-refractivity contribution is -0.126. The van der Waals surface area contributed by atoms with Gasteiger partial charge in [-0.2, -0.15) is 10.2 Å². The van der Waals surface area contributed by atoms with Crippen LogP contribution >= 0.6 is 0 Å². The Kier molecular flexibility index (Phi) is 11.8. The Balaban J connectivity index is 1.78. The molecule has 0 saturated carbocycles. The summed E-state index contributed by atoms with van der Waals surface area (Å²) < 4.78 is 21.6. The SMILES string of the molecule is C=CCOc1ccc(/C=N\NC(=O)CCC(=O)N/N=C\c2ccc(OCC=C)c(OC)c2)cc1OC. The van der Waals surface area contributed by atoms with Gasteiger partial charge in [0, 0.05) is 12.8 Å². The fourth-order valence-corrected chi connectivity index (χ4v) is 2.76. The summed E-state index contributed by atoms with van der Waals surface area (Å²) in [5.74, 6) is 1.37. The van der Waals surface area contributed by atoms with Crippen molar-refractivity contribution < 1.29 is 28.5 Å². The number of benzene rings is 2. The van der Waals surface area contributed by atoms with Gasteiger partial charge in [0.25, 0.3) is 0 Å². The predicted octanol–water partition coefficient (Wildman–Crippen LogP) is 3.21. The summed E-state index contributed by atoms with van der Waals surface area (Å²) in [6.07, 6.45) is 6.08. The van der Waals surface area contributed by atoms with Crippen LogP contribution in [0.1, 0.15) is 24.0 Å². The van der Waals surface area contributed by atoms with Crippen molar-refractivity contribution in [3.8, 4) is 23.0 Å². The zero-order chi connectivity index (χ0) is 26.2. The fourth-order valence-electron chi connectivity index (χ4n) is 2.76. The van der Waals surface area contributed by atoms with Gasteiger partial charge >= 0.3 is 0 Å². The van der Waals surface area contributed by atoms with Crippen molar-refractivity contribution in [2.45, 2.75) is 12.8 Å². The molecule has 10 heteroatoms. The van der Waals surface area contributed by atoms with Crippen LogP contribution in [0.3, 0.4) is 0 Å². The maximum absolute atomic E-state index is 12.0. The largest absolute Gasteiger partial charge is 0.493 e. The number of carbonyl (C=O) groups is 2. The first-order chi connectivity index (χ1) is 17.5. The molecule has 0 aliphatic carbocycles. The molecule has 0 aliphatic rings. The van der Waals surface area contributed by atoms with E-state index in [1.165, 1.54) is 26.6 Å². The number of hydrazone groups is 2. The van der Waals surface area contributed by atoms with E-state index in [1.807, 2.05) is 0 Å². The van der Waals surface area contributed by atoms with Crippen LogP contribution in [0, 0.1) is 0 Å². The highest BCUT2D eigenvalue weighted by molar-refractivity contribution is 5.87. The second-order valence-corrected chi connectivity index (χ2v) is 7.11. The summed E-state index contributed by atoms with van der Waals surface area (Å²) in [6.45, 7) is 7.92. The predicted molar refractivity (Wildman–Crippen MR) is 138 cm³/mol. The van der Waals surface area contributed by atoms with E-state index in [0.29, 0.717) is 47.3 Å². The normalized spacial score (nSPS) is 10.6. The number of rotatable bonds is 15. The smallest absolute Gasteiger partial charge is 0.240 e. The van der Waals surface area contributed by atoms with E-state index < -0.39 is 11.8 Å². The lowest BCUT2D eigenvalue weighted by atomic mass is 10.2. The maximum Gasteiger partial charge on any atom is 0.240 e. The first-order valence-electron chi connectivity index (χ1n) is 11.0. The molecule has 2 N–H and O–H groups in total. The van der Waals surface area contributed by atoms with Crippen molar-refractivity contribution in [3.63, 3.8) is 0 Å². The molecule has 0 heterocycles. The van der Waals surface area contributed by atoms with Crippen LogP contribution in [0.15, 0.2) is 71.9 Å². The minimum Gasteiger partial charge on any atom is -0.493 e. The monoisotopic (exact) mass is 494 g/mol. The molecular formula is C26H30N4O6. The summed E-state index contributed by atoms with van der Waals surface area (Å²) >= 11 is 0. The van der Waals surface area contributed by atoms with Gasteiger partial charge in [0.2, 0.25) is 11.8 Å². The highest BCUT2D eigenvalue weighted by atomic mass is 16.5. The number of amides is 2. The third kappa shape index (κ3) is 9.34. The molecular weight excluding hydrogens is 464 g/mol. The highest BCUT2D eigenvalue weighted by Crippen LogP contribution is 2.28. The summed E-state index contributed by atoms with van der Waals surface area (Å²) in [4.78, 5) is 24.0. The maximum atomic E-state index is 12.0. The summed E-state index contributed by atoms with van der Waals surface area (Å²) in [5.41, 5.74) is 6.16. The average molecular weight is 495 g/mol. The minimum absolute atomic E-state index is 0.0560. The molecule has 0 bridgehead atoms. The average Bonchev–Trinajstić information content (AvgIpc) is 2.90. The van der Waals surface area contributed by atoms with E-state index in [2.05, 4.69) is 34.2 Å². The fraction of sp³-hybridized carbons (Fsp3) is 0.231. The Labute approximate surface area is 210 Å². The van der Waals surface area contributed by atoms with Crippen LogP contribution in [0.2, 0.25) is 0 Å². The molecule has 0 radical (unpaired) electrons. The second-order valence-electron chi connectivity index (χ2n) is 7.11. The van der Waals surface area contributed by atoms with E-state index in [9.17, 15) is 9.59 Å². The van der Waals surface area contributed by atoms with Gasteiger partial charge in [0.15, 0.2) is 23.0 Å². The molecule has 0 aliphatic heterocycles. The Bertz CT molecular complexity index is 1030. The van der Waals surface area contributed by atoms with Crippen molar-refractivity contribution >= 4 is 24.2 Å². The summed E-state index contributed by atoms with van der Waals surface area (Å²) in [5, 5.41) is 7.81.